The van der Waals surface area contributed by atoms with Gasteiger partial charge in [0.15, 0.2) is 22.9 Å². The first-order valence-corrected chi connectivity index (χ1v) is 16.2. The van der Waals surface area contributed by atoms with Crippen LogP contribution in [-0.2, 0) is 19.1 Å². The molecule has 0 aliphatic carbocycles. The Morgan fingerprint density at radius 3 is 2.32 bits per heavy atom. The summed E-state index contributed by atoms with van der Waals surface area (Å²) in [6, 6.07) is 12.8. The number of esters is 2. The number of benzene rings is 2. The molecule has 4 aromatic rings. The number of fused-ring (bicyclic) bond motifs is 1. The Morgan fingerprint density at radius 1 is 0.936 bits per heavy atom. The van der Waals surface area contributed by atoms with E-state index >= 15 is 0 Å². The summed E-state index contributed by atoms with van der Waals surface area (Å²) < 4.78 is 25.9. The summed E-state index contributed by atoms with van der Waals surface area (Å²) in [7, 11) is 1.28. The molecule has 0 fully saturated rings. The van der Waals surface area contributed by atoms with Crippen LogP contribution in [0.15, 0.2) is 63.5 Å². The standard InChI is InChI=1S/C36H39N3O7S/c1-9-44-29-17-25(11-12-28(29)46-19-31(40)43-8)33-32(35(42)45-10-2)23(6)37-36-39(33)34(41)30(47-36)18-26-16-22(5)38(24(26)7)27-14-20(3)13-21(4)15-27/h11-18,33H,9-10,19H2,1-8H3/b30-18-/t33-/m0/s1. The molecule has 47 heavy (non-hydrogen) atoms. The number of ether oxygens (including phenoxy) is 4. The molecule has 0 amide bonds. The normalized spacial score (nSPS) is 14.5. The van der Waals surface area contributed by atoms with Crippen molar-refractivity contribution in [1.29, 1.82) is 0 Å². The zero-order valence-corrected chi connectivity index (χ0v) is 28.7. The number of rotatable bonds is 10. The summed E-state index contributed by atoms with van der Waals surface area (Å²) in [5, 5.41) is 0. The van der Waals surface area contributed by atoms with Gasteiger partial charge < -0.3 is 23.5 Å². The molecule has 1 aliphatic heterocycles. The summed E-state index contributed by atoms with van der Waals surface area (Å²) in [6.45, 7) is 13.7. The van der Waals surface area contributed by atoms with Crippen molar-refractivity contribution in [3.63, 3.8) is 0 Å². The highest BCUT2D eigenvalue weighted by molar-refractivity contribution is 7.07. The van der Waals surface area contributed by atoms with Crippen LogP contribution in [0.1, 0.15) is 60.5 Å². The second-order valence-corrected chi connectivity index (χ2v) is 12.3. The number of hydrogen-bond acceptors (Lipinski definition) is 9. The van der Waals surface area contributed by atoms with E-state index in [2.05, 4.69) is 42.7 Å². The second kappa shape index (κ2) is 13.8. The van der Waals surface area contributed by atoms with E-state index in [0.717, 1.165) is 22.6 Å². The van der Waals surface area contributed by atoms with Gasteiger partial charge in [-0.2, -0.15) is 0 Å². The quantitative estimate of drug-likeness (QED) is 0.226. The molecule has 2 aromatic heterocycles. The molecule has 11 heteroatoms. The molecule has 3 heterocycles. The minimum absolute atomic E-state index is 0.160. The van der Waals surface area contributed by atoms with Crippen molar-refractivity contribution >= 4 is 29.4 Å². The minimum Gasteiger partial charge on any atom is -0.490 e. The molecule has 0 N–H and O–H groups in total. The predicted octanol–water partition coefficient (Wildman–Crippen LogP) is 4.77. The Hall–Kier alpha value is -4.90. The lowest BCUT2D eigenvalue weighted by molar-refractivity contribution is -0.143. The third-order valence-corrected chi connectivity index (χ3v) is 8.88. The summed E-state index contributed by atoms with van der Waals surface area (Å²) in [6.07, 6.45) is 1.89. The van der Waals surface area contributed by atoms with Crippen molar-refractivity contribution in [2.45, 2.75) is 54.5 Å². The molecule has 246 valence electrons. The van der Waals surface area contributed by atoms with E-state index in [4.69, 9.17) is 23.9 Å². The fourth-order valence-corrected chi connectivity index (χ4v) is 6.97. The number of methoxy groups -OCH3 is 1. The fraction of sp³-hybridized carbons (Fsp3) is 0.333. The zero-order valence-electron chi connectivity index (χ0n) is 27.9. The first-order valence-electron chi connectivity index (χ1n) is 15.4. The minimum atomic E-state index is -0.844. The molecule has 0 radical (unpaired) electrons. The van der Waals surface area contributed by atoms with Gasteiger partial charge in [-0.25, -0.2) is 14.6 Å². The Bertz CT molecular complexity index is 2060. The summed E-state index contributed by atoms with van der Waals surface area (Å²) in [5.74, 6) is -0.422. The third kappa shape index (κ3) is 6.66. The van der Waals surface area contributed by atoms with Gasteiger partial charge in [-0.1, -0.05) is 23.5 Å². The lowest BCUT2D eigenvalue weighted by Crippen LogP contribution is -2.40. The fourth-order valence-electron chi connectivity index (χ4n) is 5.94. The van der Waals surface area contributed by atoms with E-state index in [-0.39, 0.29) is 24.3 Å². The number of allylic oxidation sites excluding steroid dienone is 1. The second-order valence-electron chi connectivity index (χ2n) is 11.3. The van der Waals surface area contributed by atoms with Gasteiger partial charge in [-0.3, -0.25) is 9.36 Å². The molecule has 0 saturated heterocycles. The van der Waals surface area contributed by atoms with Crippen LogP contribution in [0.3, 0.4) is 0 Å². The molecule has 0 bridgehead atoms. The number of thiazole rings is 1. The van der Waals surface area contributed by atoms with Gasteiger partial charge in [0.2, 0.25) is 0 Å². The molecule has 0 saturated carbocycles. The lowest BCUT2D eigenvalue weighted by Gasteiger charge is -2.25. The molecule has 1 aliphatic rings. The van der Waals surface area contributed by atoms with Gasteiger partial charge in [-0.05, 0) is 107 Å². The van der Waals surface area contributed by atoms with Crippen LogP contribution in [0.25, 0.3) is 11.8 Å². The van der Waals surface area contributed by atoms with E-state index in [1.165, 1.54) is 29.6 Å². The number of aromatic nitrogens is 2. The van der Waals surface area contributed by atoms with Crippen molar-refractivity contribution in [2.24, 2.45) is 4.99 Å². The Morgan fingerprint density at radius 2 is 1.66 bits per heavy atom. The molecule has 0 unspecified atom stereocenters. The van der Waals surface area contributed by atoms with Gasteiger partial charge >= 0.3 is 11.9 Å². The van der Waals surface area contributed by atoms with Crippen molar-refractivity contribution in [2.75, 3.05) is 26.9 Å². The van der Waals surface area contributed by atoms with Crippen molar-refractivity contribution < 1.29 is 28.5 Å². The monoisotopic (exact) mass is 657 g/mol. The predicted molar refractivity (Wildman–Crippen MR) is 180 cm³/mol. The topological polar surface area (TPSA) is 110 Å². The SMILES string of the molecule is CCOC(=O)C1=C(C)N=c2s/c(=C\c3cc(C)n(-c4cc(C)cc(C)c4)c3C)c(=O)n2[C@H]1c1ccc(OCC(=O)OC)c(OCC)c1. The average Bonchev–Trinajstić information content (AvgIpc) is 3.48. The smallest absolute Gasteiger partial charge is 0.343 e. The highest BCUT2D eigenvalue weighted by Crippen LogP contribution is 2.36. The van der Waals surface area contributed by atoms with E-state index in [1.807, 2.05) is 26.8 Å². The third-order valence-electron chi connectivity index (χ3n) is 7.90. The van der Waals surface area contributed by atoms with Crippen LogP contribution in [0.5, 0.6) is 11.5 Å². The number of carbonyl (C=O) groups is 2. The van der Waals surface area contributed by atoms with E-state index in [0.29, 0.717) is 38.7 Å². The van der Waals surface area contributed by atoms with E-state index < -0.39 is 18.0 Å². The van der Waals surface area contributed by atoms with Crippen LogP contribution < -0.4 is 24.4 Å². The molecular formula is C36H39N3O7S. The molecular weight excluding hydrogens is 618 g/mol. The van der Waals surface area contributed by atoms with Crippen LogP contribution in [0.2, 0.25) is 0 Å². The average molecular weight is 658 g/mol. The van der Waals surface area contributed by atoms with Crippen molar-refractivity contribution in [3.8, 4) is 17.2 Å². The first-order chi connectivity index (χ1) is 22.5. The maximum absolute atomic E-state index is 14.3. The number of aryl methyl sites for hydroxylation is 3. The van der Waals surface area contributed by atoms with E-state index in [9.17, 15) is 14.4 Å². The van der Waals surface area contributed by atoms with Crippen LogP contribution >= 0.6 is 11.3 Å². The maximum atomic E-state index is 14.3. The highest BCUT2D eigenvalue weighted by atomic mass is 32.1. The molecule has 10 nitrogen and oxygen atoms in total. The highest BCUT2D eigenvalue weighted by Gasteiger charge is 2.34. The van der Waals surface area contributed by atoms with Gasteiger partial charge in [0, 0.05) is 17.1 Å². The van der Waals surface area contributed by atoms with Crippen LogP contribution in [0.4, 0.5) is 0 Å². The summed E-state index contributed by atoms with van der Waals surface area (Å²) in [5.41, 5.74) is 7.39. The summed E-state index contributed by atoms with van der Waals surface area (Å²) >= 11 is 1.27. The van der Waals surface area contributed by atoms with Gasteiger partial charge in [0.05, 0.1) is 42.2 Å². The van der Waals surface area contributed by atoms with Crippen molar-refractivity contribution in [3.05, 3.63) is 107 Å². The zero-order chi connectivity index (χ0) is 34.0. The Labute approximate surface area is 277 Å². The Kier molecular flexibility index (Phi) is 9.85. The molecule has 5 rings (SSSR count). The first kappa shape index (κ1) is 33.5. The maximum Gasteiger partial charge on any atom is 0.343 e. The molecule has 1 atom stereocenters. The summed E-state index contributed by atoms with van der Waals surface area (Å²) in [4.78, 5) is 44.6. The van der Waals surface area contributed by atoms with Gasteiger partial charge in [0.25, 0.3) is 5.56 Å². The molecule has 2 aromatic carbocycles. The Balaban J connectivity index is 1.67. The van der Waals surface area contributed by atoms with Crippen LogP contribution in [0, 0.1) is 27.7 Å². The van der Waals surface area contributed by atoms with Crippen molar-refractivity contribution in [1.82, 2.24) is 9.13 Å². The number of nitrogens with zero attached hydrogens (tertiary/aromatic N) is 3. The molecule has 0 spiro atoms. The van der Waals surface area contributed by atoms with E-state index in [1.54, 1.807) is 36.6 Å². The van der Waals surface area contributed by atoms with Gasteiger partial charge in [-0.15, -0.1) is 0 Å². The number of carbonyl (C=O) groups excluding carboxylic acids is 2. The van der Waals surface area contributed by atoms with Gasteiger partial charge in [0.1, 0.15) is 0 Å². The number of hydrogen-bond donors (Lipinski definition) is 0. The lowest BCUT2D eigenvalue weighted by atomic mass is 9.95. The van der Waals surface area contributed by atoms with Crippen LogP contribution in [-0.4, -0.2) is 48.0 Å². The largest absolute Gasteiger partial charge is 0.490 e.